The minimum absolute atomic E-state index is 0.0444. The number of halogens is 1. The van der Waals surface area contributed by atoms with Crippen molar-refractivity contribution in [2.75, 3.05) is 6.61 Å². The maximum absolute atomic E-state index is 6.74. The Labute approximate surface area is 189 Å². The maximum Gasteiger partial charge on any atom is 0.193 e. The monoisotopic (exact) mass is 457 g/mol. The molecule has 1 atom stereocenters. The summed E-state index contributed by atoms with van der Waals surface area (Å²) in [6.45, 7) is 11.9. The highest BCUT2D eigenvalue weighted by atomic mass is 35.5. The van der Waals surface area contributed by atoms with Crippen LogP contribution in [0.2, 0.25) is 23.3 Å². The van der Waals surface area contributed by atoms with Gasteiger partial charge in [0.2, 0.25) is 0 Å². The van der Waals surface area contributed by atoms with Gasteiger partial charge in [0.1, 0.15) is 23.6 Å². The predicted molar refractivity (Wildman–Crippen MR) is 129 cm³/mol. The highest BCUT2D eigenvalue weighted by molar-refractivity contribution is 7.98. The van der Waals surface area contributed by atoms with Gasteiger partial charge in [-0.1, -0.05) is 62.7 Å². The van der Waals surface area contributed by atoms with Crippen molar-refractivity contribution in [3.8, 4) is 5.75 Å². The van der Waals surface area contributed by atoms with Crippen molar-refractivity contribution < 1.29 is 9.16 Å². The average molecular weight is 458 g/mol. The molecule has 1 aromatic heterocycles. The van der Waals surface area contributed by atoms with E-state index in [9.17, 15) is 0 Å². The molecule has 0 bridgehead atoms. The van der Waals surface area contributed by atoms with E-state index in [0.717, 1.165) is 27.8 Å². The quantitative estimate of drug-likeness (QED) is 0.224. The first kappa shape index (κ1) is 21.7. The van der Waals surface area contributed by atoms with Gasteiger partial charge in [-0.25, -0.2) is 4.98 Å². The van der Waals surface area contributed by atoms with Crippen LogP contribution in [0.1, 0.15) is 38.0 Å². The third-order valence-electron chi connectivity index (χ3n) is 6.14. The van der Waals surface area contributed by atoms with Crippen LogP contribution in [-0.2, 0) is 10.2 Å². The fourth-order valence-electron chi connectivity index (χ4n) is 3.39. The summed E-state index contributed by atoms with van der Waals surface area (Å²) in [6, 6.07) is 14.7. The van der Waals surface area contributed by atoms with Gasteiger partial charge in [0, 0.05) is 33.2 Å². The molecule has 2 heterocycles. The molecule has 1 aliphatic rings. The molecule has 1 unspecified atom stereocenters. The standard InChI is InChI=1S/C24H28ClNO2SSi/c1-24(2,3)30(4,5)28-20-14-27-23-18(20)11-21(17-12-22(25)26-13-19(17)23)29-15-16-9-7-6-8-10-16/h6-13,20H,14-15H2,1-5H3. The van der Waals surface area contributed by atoms with Gasteiger partial charge in [-0.3, -0.25) is 0 Å². The molecule has 0 saturated carbocycles. The number of hydrogen-bond acceptors (Lipinski definition) is 4. The summed E-state index contributed by atoms with van der Waals surface area (Å²) in [5.41, 5.74) is 2.42. The van der Waals surface area contributed by atoms with Crippen molar-refractivity contribution in [2.24, 2.45) is 0 Å². The van der Waals surface area contributed by atoms with Gasteiger partial charge in [-0.2, -0.15) is 0 Å². The van der Waals surface area contributed by atoms with Crippen LogP contribution in [0.25, 0.3) is 10.8 Å². The lowest BCUT2D eigenvalue weighted by molar-refractivity contribution is 0.147. The summed E-state index contributed by atoms with van der Waals surface area (Å²) < 4.78 is 12.9. The summed E-state index contributed by atoms with van der Waals surface area (Å²) in [5, 5.41) is 2.74. The molecule has 0 radical (unpaired) electrons. The van der Waals surface area contributed by atoms with Crippen LogP contribution in [0.5, 0.6) is 5.75 Å². The fourth-order valence-corrected chi connectivity index (χ4v) is 5.86. The molecule has 3 nitrogen and oxygen atoms in total. The maximum atomic E-state index is 6.74. The van der Waals surface area contributed by atoms with Crippen LogP contribution < -0.4 is 4.74 Å². The minimum Gasteiger partial charge on any atom is -0.489 e. The van der Waals surface area contributed by atoms with E-state index in [1.165, 1.54) is 10.5 Å². The van der Waals surface area contributed by atoms with E-state index in [2.05, 4.69) is 69.2 Å². The summed E-state index contributed by atoms with van der Waals surface area (Å²) in [5.74, 6) is 1.78. The molecule has 158 valence electrons. The van der Waals surface area contributed by atoms with Gasteiger partial charge < -0.3 is 9.16 Å². The molecule has 30 heavy (non-hydrogen) atoms. The largest absolute Gasteiger partial charge is 0.489 e. The Bertz CT molecular complexity index is 1070. The summed E-state index contributed by atoms with van der Waals surface area (Å²) in [6.07, 6.45) is 1.79. The highest BCUT2D eigenvalue weighted by Crippen LogP contribution is 2.48. The summed E-state index contributed by atoms with van der Waals surface area (Å²) in [4.78, 5) is 5.51. The van der Waals surface area contributed by atoms with E-state index in [-0.39, 0.29) is 11.1 Å². The average Bonchev–Trinajstić information content (AvgIpc) is 3.08. The molecule has 0 spiro atoms. The molecule has 3 aromatic rings. The van der Waals surface area contributed by atoms with Gasteiger partial charge in [-0.15, -0.1) is 11.8 Å². The zero-order valence-corrected chi connectivity index (χ0v) is 20.7. The molecule has 6 heteroatoms. The Balaban J connectivity index is 1.73. The fraction of sp³-hybridized carbons (Fsp3) is 0.375. The van der Waals surface area contributed by atoms with Crippen LogP contribution in [-0.4, -0.2) is 19.9 Å². The number of ether oxygens (including phenoxy) is 1. The first-order valence-electron chi connectivity index (χ1n) is 10.3. The van der Waals surface area contributed by atoms with Crippen LogP contribution in [0.3, 0.4) is 0 Å². The Hall–Kier alpha value is -1.53. The Morgan fingerprint density at radius 1 is 1.17 bits per heavy atom. The molecular weight excluding hydrogens is 430 g/mol. The number of thioether (sulfide) groups is 1. The lowest BCUT2D eigenvalue weighted by atomic mass is 10.1. The third kappa shape index (κ3) is 4.26. The summed E-state index contributed by atoms with van der Waals surface area (Å²) in [7, 11) is -1.93. The van der Waals surface area contributed by atoms with E-state index >= 15 is 0 Å². The molecule has 2 aromatic carbocycles. The molecule has 0 saturated heterocycles. The zero-order chi connectivity index (χ0) is 21.5. The van der Waals surface area contributed by atoms with Gasteiger partial charge in [0.25, 0.3) is 0 Å². The second-order valence-electron chi connectivity index (χ2n) is 9.30. The molecule has 1 aliphatic heterocycles. The van der Waals surface area contributed by atoms with Gasteiger partial charge in [-0.05, 0) is 35.8 Å². The zero-order valence-electron chi connectivity index (χ0n) is 18.2. The second-order valence-corrected chi connectivity index (χ2v) is 15.5. The molecule has 0 fully saturated rings. The topological polar surface area (TPSA) is 31.4 Å². The van der Waals surface area contributed by atoms with Crippen LogP contribution >= 0.6 is 23.4 Å². The minimum atomic E-state index is -1.93. The molecule has 4 rings (SSSR count). The van der Waals surface area contributed by atoms with Crippen molar-refractivity contribution in [3.05, 3.63) is 64.9 Å². The van der Waals surface area contributed by atoms with E-state index in [1.807, 2.05) is 30.1 Å². The van der Waals surface area contributed by atoms with Crippen molar-refractivity contribution in [1.29, 1.82) is 0 Å². The molecule has 0 N–H and O–H groups in total. The van der Waals surface area contributed by atoms with E-state index in [4.69, 9.17) is 20.8 Å². The SMILES string of the molecule is CC(C)(C)[Si](C)(C)OC1COc2c1cc(SCc1ccccc1)c1cc(Cl)ncc21. The van der Waals surface area contributed by atoms with Gasteiger partial charge >= 0.3 is 0 Å². The molecule has 0 aliphatic carbocycles. The van der Waals surface area contributed by atoms with Gasteiger partial charge in [0.15, 0.2) is 8.32 Å². The molecular formula is C24H28ClNO2SSi. The number of fused-ring (bicyclic) bond motifs is 3. The van der Waals surface area contributed by atoms with Crippen LogP contribution in [0.15, 0.2) is 53.6 Å². The van der Waals surface area contributed by atoms with Gasteiger partial charge in [0.05, 0.1) is 0 Å². The first-order chi connectivity index (χ1) is 14.2. The van der Waals surface area contributed by atoms with E-state index in [1.54, 1.807) is 0 Å². The Morgan fingerprint density at radius 3 is 2.60 bits per heavy atom. The number of pyridine rings is 1. The number of nitrogens with zero attached hydrogens (tertiary/aromatic N) is 1. The lowest BCUT2D eigenvalue weighted by Crippen LogP contribution is -2.42. The third-order valence-corrected chi connectivity index (χ3v) is 12.0. The normalized spacial score (nSPS) is 16.5. The Kier molecular flexibility index (Phi) is 5.92. The number of aromatic nitrogens is 1. The second kappa shape index (κ2) is 8.19. The van der Waals surface area contributed by atoms with Crippen molar-refractivity contribution in [3.63, 3.8) is 0 Å². The Morgan fingerprint density at radius 2 is 1.90 bits per heavy atom. The summed E-state index contributed by atoms with van der Waals surface area (Å²) >= 11 is 8.06. The van der Waals surface area contributed by atoms with E-state index in [0.29, 0.717) is 11.8 Å². The number of hydrogen-bond donors (Lipinski definition) is 0. The van der Waals surface area contributed by atoms with Crippen molar-refractivity contribution >= 4 is 42.5 Å². The number of rotatable bonds is 5. The smallest absolute Gasteiger partial charge is 0.193 e. The van der Waals surface area contributed by atoms with Crippen molar-refractivity contribution in [1.82, 2.24) is 4.98 Å². The number of benzene rings is 2. The van der Waals surface area contributed by atoms with Crippen LogP contribution in [0.4, 0.5) is 0 Å². The van der Waals surface area contributed by atoms with Crippen molar-refractivity contribution in [2.45, 2.75) is 55.7 Å². The lowest BCUT2D eigenvalue weighted by Gasteiger charge is -2.38. The van der Waals surface area contributed by atoms with Crippen LogP contribution in [0, 0.1) is 0 Å². The van der Waals surface area contributed by atoms with E-state index < -0.39 is 8.32 Å². The first-order valence-corrected chi connectivity index (χ1v) is 14.5. The predicted octanol–water partition coefficient (Wildman–Crippen LogP) is 7.64. The highest BCUT2D eigenvalue weighted by Gasteiger charge is 2.41. The molecule has 0 amide bonds.